The first kappa shape index (κ1) is 19.2. The van der Waals surface area contributed by atoms with Gasteiger partial charge in [-0.2, -0.15) is 0 Å². The number of nitrogens with one attached hydrogen (secondary N) is 2. The molecule has 1 atom stereocenters. The summed E-state index contributed by atoms with van der Waals surface area (Å²) in [5, 5.41) is 6.37. The molecular formula is C19H29ClN2O2. The molecule has 0 spiro atoms. The van der Waals surface area contributed by atoms with Crippen molar-refractivity contribution in [1.29, 1.82) is 0 Å². The third-order valence-corrected chi connectivity index (χ3v) is 4.84. The maximum atomic E-state index is 12.1. The predicted molar refractivity (Wildman–Crippen MR) is 99.6 cm³/mol. The summed E-state index contributed by atoms with van der Waals surface area (Å²) in [7, 11) is 0. The van der Waals surface area contributed by atoms with Crippen LogP contribution in [0.1, 0.15) is 56.9 Å². The standard InChI is InChI=1S/C19H28N2O2.ClH/c22-19(13-16-8-5-11-20-16)21-17-7-4-6-15(12-17)14-23-18-9-2-1-3-10-18;/h4,6-7,12,16,18,20H,1-3,5,8-11,13-14H2,(H,21,22);1H. The number of hydrogen-bond acceptors (Lipinski definition) is 3. The molecule has 0 bridgehead atoms. The lowest BCUT2D eigenvalue weighted by atomic mass is 9.98. The zero-order chi connectivity index (χ0) is 15.9. The van der Waals surface area contributed by atoms with Gasteiger partial charge in [-0.1, -0.05) is 31.4 Å². The first-order chi connectivity index (χ1) is 11.3. The number of ether oxygens (including phenoxy) is 1. The van der Waals surface area contributed by atoms with Crippen molar-refractivity contribution in [3.63, 3.8) is 0 Å². The number of carbonyl (C=O) groups excluding carboxylic acids is 1. The topological polar surface area (TPSA) is 50.4 Å². The second kappa shape index (κ2) is 10.0. The van der Waals surface area contributed by atoms with Crippen LogP contribution in [0.2, 0.25) is 0 Å². The summed E-state index contributed by atoms with van der Waals surface area (Å²) in [6.45, 7) is 1.67. The Kier molecular flexibility index (Phi) is 8.03. The van der Waals surface area contributed by atoms with Crippen molar-refractivity contribution in [3.05, 3.63) is 29.8 Å². The van der Waals surface area contributed by atoms with Gasteiger partial charge < -0.3 is 15.4 Å². The summed E-state index contributed by atoms with van der Waals surface area (Å²) in [5.74, 6) is 0.0924. The van der Waals surface area contributed by atoms with Crippen LogP contribution >= 0.6 is 12.4 Å². The first-order valence-corrected chi connectivity index (χ1v) is 9.03. The molecule has 1 aliphatic heterocycles. The quantitative estimate of drug-likeness (QED) is 0.812. The van der Waals surface area contributed by atoms with Crippen molar-refractivity contribution in [2.45, 2.75) is 70.1 Å². The van der Waals surface area contributed by atoms with Gasteiger partial charge in [0.25, 0.3) is 0 Å². The van der Waals surface area contributed by atoms with Gasteiger partial charge in [0.05, 0.1) is 12.7 Å². The molecule has 1 unspecified atom stereocenters. The minimum atomic E-state index is 0. The number of hydrogen-bond donors (Lipinski definition) is 2. The van der Waals surface area contributed by atoms with E-state index < -0.39 is 0 Å². The Bertz CT molecular complexity index is 512. The van der Waals surface area contributed by atoms with E-state index in [0.717, 1.165) is 24.2 Å². The zero-order valence-electron chi connectivity index (χ0n) is 14.3. The summed E-state index contributed by atoms with van der Waals surface area (Å²) in [5.41, 5.74) is 2.00. The molecule has 4 nitrogen and oxygen atoms in total. The van der Waals surface area contributed by atoms with Crippen molar-refractivity contribution < 1.29 is 9.53 Å². The number of amides is 1. The van der Waals surface area contributed by atoms with Gasteiger partial charge in [0, 0.05) is 18.2 Å². The van der Waals surface area contributed by atoms with E-state index >= 15 is 0 Å². The van der Waals surface area contributed by atoms with Crippen LogP contribution in [0.5, 0.6) is 0 Å². The molecule has 134 valence electrons. The van der Waals surface area contributed by atoms with Crippen LogP contribution in [-0.2, 0) is 16.1 Å². The van der Waals surface area contributed by atoms with Gasteiger partial charge in [-0.3, -0.25) is 4.79 Å². The maximum Gasteiger partial charge on any atom is 0.225 e. The molecule has 1 aromatic rings. The minimum Gasteiger partial charge on any atom is -0.374 e. The largest absolute Gasteiger partial charge is 0.374 e. The lowest BCUT2D eigenvalue weighted by Gasteiger charge is -2.22. The van der Waals surface area contributed by atoms with E-state index in [1.807, 2.05) is 18.2 Å². The molecule has 1 saturated heterocycles. The van der Waals surface area contributed by atoms with Crippen LogP contribution in [0.15, 0.2) is 24.3 Å². The smallest absolute Gasteiger partial charge is 0.225 e. The lowest BCUT2D eigenvalue weighted by molar-refractivity contribution is -0.116. The highest BCUT2D eigenvalue weighted by Gasteiger charge is 2.18. The molecule has 0 aromatic heterocycles. The lowest BCUT2D eigenvalue weighted by Crippen LogP contribution is -2.27. The fourth-order valence-corrected chi connectivity index (χ4v) is 3.55. The Hall–Kier alpha value is -1.10. The van der Waals surface area contributed by atoms with Crippen LogP contribution in [0.3, 0.4) is 0 Å². The van der Waals surface area contributed by atoms with Crippen LogP contribution in [0, 0.1) is 0 Å². The number of halogens is 1. The predicted octanol–water partition coefficient (Wildman–Crippen LogP) is 4.04. The zero-order valence-corrected chi connectivity index (χ0v) is 15.1. The van der Waals surface area contributed by atoms with E-state index in [1.165, 1.54) is 38.5 Å². The van der Waals surface area contributed by atoms with Crippen molar-refractivity contribution in [1.82, 2.24) is 5.32 Å². The summed E-state index contributed by atoms with van der Waals surface area (Å²) in [6.07, 6.45) is 9.53. The molecule has 5 heteroatoms. The Labute approximate surface area is 151 Å². The molecule has 1 aliphatic carbocycles. The molecule has 3 rings (SSSR count). The Morgan fingerprint density at radius 3 is 2.75 bits per heavy atom. The molecule has 1 amide bonds. The second-order valence-corrected chi connectivity index (χ2v) is 6.82. The highest BCUT2D eigenvalue weighted by Crippen LogP contribution is 2.22. The first-order valence-electron chi connectivity index (χ1n) is 9.03. The van der Waals surface area contributed by atoms with Crippen molar-refractivity contribution >= 4 is 24.0 Å². The van der Waals surface area contributed by atoms with Crippen molar-refractivity contribution in [3.8, 4) is 0 Å². The average Bonchev–Trinajstić information content (AvgIpc) is 3.07. The van der Waals surface area contributed by atoms with E-state index in [1.54, 1.807) is 0 Å². The third-order valence-electron chi connectivity index (χ3n) is 4.84. The maximum absolute atomic E-state index is 12.1. The van der Waals surface area contributed by atoms with Gasteiger partial charge >= 0.3 is 0 Å². The monoisotopic (exact) mass is 352 g/mol. The summed E-state index contributed by atoms with van der Waals surface area (Å²) in [4.78, 5) is 12.1. The molecule has 1 heterocycles. The molecule has 24 heavy (non-hydrogen) atoms. The van der Waals surface area contributed by atoms with E-state index in [0.29, 0.717) is 25.2 Å². The van der Waals surface area contributed by atoms with Crippen molar-refractivity contribution in [2.24, 2.45) is 0 Å². The highest BCUT2D eigenvalue weighted by atomic mass is 35.5. The fraction of sp³-hybridized carbons (Fsp3) is 0.632. The van der Waals surface area contributed by atoms with Crippen LogP contribution in [0.4, 0.5) is 5.69 Å². The minimum absolute atomic E-state index is 0. The van der Waals surface area contributed by atoms with Gasteiger partial charge in [-0.05, 0) is 49.9 Å². The molecule has 0 radical (unpaired) electrons. The van der Waals surface area contributed by atoms with Gasteiger partial charge in [-0.15, -0.1) is 12.4 Å². The van der Waals surface area contributed by atoms with Gasteiger partial charge in [0.15, 0.2) is 0 Å². The summed E-state index contributed by atoms with van der Waals surface area (Å²) in [6, 6.07) is 8.38. The second-order valence-electron chi connectivity index (χ2n) is 6.82. The van der Waals surface area contributed by atoms with Gasteiger partial charge in [-0.25, -0.2) is 0 Å². The Morgan fingerprint density at radius 1 is 1.17 bits per heavy atom. The van der Waals surface area contributed by atoms with E-state index in [9.17, 15) is 4.79 Å². The van der Waals surface area contributed by atoms with Crippen molar-refractivity contribution in [2.75, 3.05) is 11.9 Å². The fourth-order valence-electron chi connectivity index (χ4n) is 3.55. The summed E-state index contributed by atoms with van der Waals surface area (Å²) < 4.78 is 6.01. The SMILES string of the molecule is Cl.O=C(CC1CCCN1)Nc1cccc(COC2CCCCC2)c1. The molecule has 1 aromatic carbocycles. The Balaban J connectivity index is 0.00000208. The number of carbonyl (C=O) groups is 1. The van der Waals surface area contributed by atoms with E-state index in [2.05, 4.69) is 16.7 Å². The highest BCUT2D eigenvalue weighted by molar-refractivity contribution is 5.91. The molecule has 1 saturated carbocycles. The van der Waals surface area contributed by atoms with Gasteiger partial charge in [0.2, 0.25) is 5.91 Å². The number of anilines is 1. The normalized spacial score (nSPS) is 21.2. The molecule has 2 N–H and O–H groups in total. The average molecular weight is 353 g/mol. The molecular weight excluding hydrogens is 324 g/mol. The van der Waals surface area contributed by atoms with E-state index in [4.69, 9.17) is 4.74 Å². The van der Waals surface area contributed by atoms with Crippen LogP contribution in [0.25, 0.3) is 0 Å². The van der Waals surface area contributed by atoms with Crippen LogP contribution < -0.4 is 10.6 Å². The Morgan fingerprint density at radius 2 is 2.00 bits per heavy atom. The van der Waals surface area contributed by atoms with E-state index in [-0.39, 0.29) is 18.3 Å². The third kappa shape index (κ3) is 6.08. The molecule has 2 aliphatic rings. The number of rotatable bonds is 6. The molecule has 2 fully saturated rings. The number of benzene rings is 1. The van der Waals surface area contributed by atoms with Gasteiger partial charge in [0.1, 0.15) is 0 Å². The van der Waals surface area contributed by atoms with Crippen LogP contribution in [-0.4, -0.2) is 24.6 Å². The summed E-state index contributed by atoms with van der Waals surface area (Å²) >= 11 is 0.